The Morgan fingerprint density at radius 2 is 1.64 bits per heavy atom. The first kappa shape index (κ1) is 20.1. The van der Waals surface area contributed by atoms with E-state index in [9.17, 15) is 4.79 Å². The SMILES string of the molecule is CC(C)(C)OC(=O)N1CCN(c2ncc(OCc3cnc(Cl)nc3)cn2)CC1. The van der Waals surface area contributed by atoms with Gasteiger partial charge in [0, 0.05) is 44.1 Å². The Labute approximate surface area is 168 Å². The highest BCUT2D eigenvalue weighted by Gasteiger charge is 2.26. The van der Waals surface area contributed by atoms with Crippen molar-refractivity contribution in [2.75, 3.05) is 31.1 Å². The second-order valence-electron chi connectivity index (χ2n) is 7.32. The molecule has 0 saturated carbocycles. The van der Waals surface area contributed by atoms with E-state index in [4.69, 9.17) is 21.1 Å². The van der Waals surface area contributed by atoms with Gasteiger partial charge in [-0.1, -0.05) is 0 Å². The summed E-state index contributed by atoms with van der Waals surface area (Å²) in [5.74, 6) is 1.15. The molecular formula is C18H23ClN6O3. The minimum Gasteiger partial charge on any atom is -0.486 e. The number of nitrogens with zero attached hydrogens (tertiary/aromatic N) is 6. The molecule has 3 heterocycles. The van der Waals surface area contributed by atoms with Crippen molar-refractivity contribution in [3.63, 3.8) is 0 Å². The van der Waals surface area contributed by atoms with Crippen LogP contribution in [-0.4, -0.2) is 62.7 Å². The largest absolute Gasteiger partial charge is 0.486 e. The van der Waals surface area contributed by atoms with Crippen LogP contribution >= 0.6 is 11.6 Å². The van der Waals surface area contributed by atoms with E-state index in [0.29, 0.717) is 44.5 Å². The Balaban J connectivity index is 1.49. The van der Waals surface area contributed by atoms with Crippen LogP contribution in [0.2, 0.25) is 5.28 Å². The first-order valence-corrected chi connectivity index (χ1v) is 9.32. The lowest BCUT2D eigenvalue weighted by molar-refractivity contribution is 0.0240. The smallest absolute Gasteiger partial charge is 0.410 e. The van der Waals surface area contributed by atoms with E-state index in [1.165, 1.54) is 0 Å². The molecule has 28 heavy (non-hydrogen) atoms. The number of amides is 1. The zero-order valence-electron chi connectivity index (χ0n) is 16.1. The molecule has 0 bridgehead atoms. The van der Waals surface area contributed by atoms with Gasteiger partial charge >= 0.3 is 6.09 Å². The molecular weight excluding hydrogens is 384 g/mol. The van der Waals surface area contributed by atoms with E-state index >= 15 is 0 Å². The average molecular weight is 407 g/mol. The van der Waals surface area contributed by atoms with Crippen LogP contribution in [0, 0.1) is 0 Å². The third kappa shape index (κ3) is 5.66. The summed E-state index contributed by atoms with van der Waals surface area (Å²) in [6.45, 7) is 8.29. The molecule has 0 N–H and O–H groups in total. The number of carbonyl (C=O) groups is 1. The maximum Gasteiger partial charge on any atom is 0.410 e. The number of rotatable bonds is 4. The van der Waals surface area contributed by atoms with Gasteiger partial charge < -0.3 is 19.3 Å². The summed E-state index contributed by atoms with van der Waals surface area (Å²) in [5.41, 5.74) is 0.303. The van der Waals surface area contributed by atoms with Crippen molar-refractivity contribution in [3.05, 3.63) is 35.6 Å². The van der Waals surface area contributed by atoms with Gasteiger partial charge in [-0.25, -0.2) is 24.7 Å². The van der Waals surface area contributed by atoms with Gasteiger partial charge in [0.15, 0.2) is 5.75 Å². The fraction of sp³-hybridized carbons (Fsp3) is 0.500. The van der Waals surface area contributed by atoms with E-state index in [1.807, 2.05) is 25.7 Å². The van der Waals surface area contributed by atoms with E-state index in [2.05, 4.69) is 19.9 Å². The summed E-state index contributed by atoms with van der Waals surface area (Å²) in [5, 5.41) is 0.197. The Morgan fingerprint density at radius 3 is 2.21 bits per heavy atom. The Morgan fingerprint density at radius 1 is 1.04 bits per heavy atom. The van der Waals surface area contributed by atoms with Crippen LogP contribution in [0.1, 0.15) is 26.3 Å². The first-order chi connectivity index (χ1) is 13.3. The second-order valence-corrected chi connectivity index (χ2v) is 7.66. The molecule has 9 nitrogen and oxygen atoms in total. The average Bonchev–Trinajstić information content (AvgIpc) is 2.67. The summed E-state index contributed by atoms with van der Waals surface area (Å²) < 4.78 is 11.0. The summed E-state index contributed by atoms with van der Waals surface area (Å²) in [7, 11) is 0. The quantitative estimate of drug-likeness (QED) is 0.715. The summed E-state index contributed by atoms with van der Waals surface area (Å²) in [6, 6.07) is 0. The van der Waals surface area contributed by atoms with Crippen molar-refractivity contribution in [3.8, 4) is 5.75 Å². The fourth-order valence-corrected chi connectivity index (χ4v) is 2.64. The number of ether oxygens (including phenoxy) is 2. The Kier molecular flexibility index (Phi) is 6.13. The van der Waals surface area contributed by atoms with Crippen LogP contribution in [0.15, 0.2) is 24.8 Å². The fourth-order valence-electron chi connectivity index (χ4n) is 2.54. The minimum absolute atomic E-state index is 0.197. The lowest BCUT2D eigenvalue weighted by atomic mass is 10.2. The van der Waals surface area contributed by atoms with Crippen molar-refractivity contribution < 1.29 is 14.3 Å². The number of piperazine rings is 1. The molecule has 150 valence electrons. The molecule has 1 amide bonds. The molecule has 1 aliphatic rings. The maximum atomic E-state index is 12.1. The summed E-state index contributed by atoms with van der Waals surface area (Å²) in [4.78, 5) is 32.4. The third-order valence-corrected chi connectivity index (χ3v) is 4.10. The molecule has 0 atom stereocenters. The van der Waals surface area contributed by atoms with Crippen LogP contribution in [0.3, 0.4) is 0 Å². The lowest BCUT2D eigenvalue weighted by Gasteiger charge is -2.35. The molecule has 1 aliphatic heterocycles. The predicted molar refractivity (Wildman–Crippen MR) is 103 cm³/mol. The molecule has 0 radical (unpaired) electrons. The Hall–Kier alpha value is -2.68. The van der Waals surface area contributed by atoms with Crippen LogP contribution in [0.4, 0.5) is 10.7 Å². The number of anilines is 1. The number of halogens is 1. The summed E-state index contributed by atoms with van der Waals surface area (Å²) in [6.07, 6.45) is 6.17. The summed E-state index contributed by atoms with van der Waals surface area (Å²) >= 11 is 5.66. The molecule has 3 rings (SSSR count). The first-order valence-electron chi connectivity index (χ1n) is 8.94. The predicted octanol–water partition coefficient (Wildman–Crippen LogP) is 2.56. The molecule has 0 aromatic carbocycles. The standard InChI is InChI=1S/C18H23ClN6O3/c1-18(2,3)28-17(26)25-6-4-24(5-7-25)16-22-10-14(11-23-16)27-12-13-8-20-15(19)21-9-13/h8-11H,4-7,12H2,1-3H3. The zero-order valence-corrected chi connectivity index (χ0v) is 16.9. The maximum absolute atomic E-state index is 12.1. The number of carbonyl (C=O) groups excluding carboxylic acids is 1. The van der Waals surface area contributed by atoms with Crippen molar-refractivity contribution in [1.82, 2.24) is 24.8 Å². The van der Waals surface area contributed by atoms with Crippen LogP contribution in [0.5, 0.6) is 5.75 Å². The van der Waals surface area contributed by atoms with Crippen molar-refractivity contribution >= 4 is 23.6 Å². The highest BCUT2D eigenvalue weighted by atomic mass is 35.5. The Bertz CT molecular complexity index is 786. The lowest BCUT2D eigenvalue weighted by Crippen LogP contribution is -2.50. The topological polar surface area (TPSA) is 93.6 Å². The molecule has 2 aromatic rings. The number of hydrogen-bond acceptors (Lipinski definition) is 8. The van der Waals surface area contributed by atoms with Crippen molar-refractivity contribution in [2.24, 2.45) is 0 Å². The molecule has 0 aliphatic carbocycles. The zero-order chi connectivity index (χ0) is 20.1. The van der Waals surface area contributed by atoms with Gasteiger partial charge in [0.05, 0.1) is 12.4 Å². The van der Waals surface area contributed by atoms with Gasteiger partial charge in [-0.2, -0.15) is 0 Å². The highest BCUT2D eigenvalue weighted by Crippen LogP contribution is 2.17. The van der Waals surface area contributed by atoms with Crippen LogP contribution in [-0.2, 0) is 11.3 Å². The van der Waals surface area contributed by atoms with E-state index < -0.39 is 5.60 Å². The monoisotopic (exact) mass is 406 g/mol. The van der Waals surface area contributed by atoms with Gasteiger partial charge in [-0.05, 0) is 32.4 Å². The van der Waals surface area contributed by atoms with Gasteiger partial charge in [-0.15, -0.1) is 0 Å². The molecule has 1 saturated heterocycles. The van der Waals surface area contributed by atoms with Crippen molar-refractivity contribution in [2.45, 2.75) is 33.0 Å². The minimum atomic E-state index is -0.495. The molecule has 10 heteroatoms. The van der Waals surface area contributed by atoms with Gasteiger partial charge in [0.2, 0.25) is 11.2 Å². The molecule has 1 fully saturated rings. The normalized spacial score (nSPS) is 14.7. The van der Waals surface area contributed by atoms with Gasteiger partial charge in [0.25, 0.3) is 0 Å². The van der Waals surface area contributed by atoms with Crippen LogP contribution < -0.4 is 9.64 Å². The van der Waals surface area contributed by atoms with Gasteiger partial charge in [-0.3, -0.25) is 0 Å². The van der Waals surface area contributed by atoms with E-state index in [1.54, 1.807) is 29.7 Å². The van der Waals surface area contributed by atoms with Gasteiger partial charge in [0.1, 0.15) is 12.2 Å². The molecule has 2 aromatic heterocycles. The third-order valence-electron chi connectivity index (χ3n) is 3.91. The molecule has 0 unspecified atom stereocenters. The number of aromatic nitrogens is 4. The molecule has 0 spiro atoms. The van der Waals surface area contributed by atoms with E-state index in [0.717, 1.165) is 5.56 Å². The highest BCUT2D eigenvalue weighted by molar-refractivity contribution is 6.28. The number of hydrogen-bond donors (Lipinski definition) is 0. The van der Waals surface area contributed by atoms with Crippen molar-refractivity contribution in [1.29, 1.82) is 0 Å². The second kappa shape index (κ2) is 8.55. The van der Waals surface area contributed by atoms with E-state index in [-0.39, 0.29) is 11.4 Å². The van der Waals surface area contributed by atoms with Crippen LogP contribution in [0.25, 0.3) is 0 Å².